The van der Waals surface area contributed by atoms with E-state index in [1.165, 1.54) is 6.07 Å². The fourth-order valence-corrected chi connectivity index (χ4v) is 2.56. The molecule has 128 valence electrons. The van der Waals surface area contributed by atoms with Crippen molar-refractivity contribution in [2.24, 2.45) is 0 Å². The molecule has 0 aliphatic carbocycles. The quantitative estimate of drug-likeness (QED) is 0.382. The average Bonchev–Trinajstić information content (AvgIpc) is 2.56. The van der Waals surface area contributed by atoms with Crippen molar-refractivity contribution in [1.29, 1.82) is 0 Å². The Bertz CT molecular complexity index is 856. The molecule has 0 N–H and O–H groups in total. The van der Waals surface area contributed by atoms with Gasteiger partial charge in [-0.1, -0.05) is 12.1 Å². The van der Waals surface area contributed by atoms with E-state index in [1.807, 2.05) is 0 Å². The molecule has 0 unspecified atom stereocenters. The van der Waals surface area contributed by atoms with Crippen LogP contribution in [0.5, 0.6) is 0 Å². The van der Waals surface area contributed by atoms with Crippen LogP contribution in [0.1, 0.15) is 5.56 Å². The van der Waals surface area contributed by atoms with Gasteiger partial charge in [0.2, 0.25) is 0 Å². The molecule has 3 aromatic carbocycles. The zero-order valence-electron chi connectivity index (χ0n) is 12.8. The van der Waals surface area contributed by atoms with Crippen molar-refractivity contribution in [2.75, 3.05) is 0 Å². The summed E-state index contributed by atoms with van der Waals surface area (Å²) in [6.07, 6.45) is 0. The number of hydrogen-bond acceptors (Lipinski definition) is 0. The fourth-order valence-electron chi connectivity index (χ4n) is 2.56. The fraction of sp³-hybridized carbons (Fsp3) is 0.0526. The molecule has 0 aromatic heterocycles. The highest BCUT2D eigenvalue weighted by Crippen LogP contribution is 2.31. The molecule has 0 aliphatic rings. The molecular weight excluding hydrogens is 342 g/mol. The largest absolute Gasteiger partial charge is 0.204 e. The van der Waals surface area contributed by atoms with Gasteiger partial charge in [-0.05, 0) is 65.1 Å². The molecule has 0 radical (unpaired) electrons. The maximum atomic E-state index is 13.4. The van der Waals surface area contributed by atoms with Crippen LogP contribution in [-0.4, -0.2) is 0 Å². The lowest BCUT2D eigenvalue weighted by Gasteiger charge is -2.10. The molecule has 3 rings (SSSR count). The Morgan fingerprint density at radius 2 is 0.720 bits per heavy atom. The predicted octanol–water partition coefficient (Wildman–Crippen LogP) is 6.16. The van der Waals surface area contributed by atoms with Gasteiger partial charge in [0, 0.05) is 0 Å². The van der Waals surface area contributed by atoms with Crippen LogP contribution in [0.2, 0.25) is 0 Å². The second-order valence-electron chi connectivity index (χ2n) is 5.60. The van der Waals surface area contributed by atoms with Crippen molar-refractivity contribution in [2.45, 2.75) is 6.92 Å². The Morgan fingerprint density at radius 1 is 0.440 bits per heavy atom. The Balaban J connectivity index is 2.17. The van der Waals surface area contributed by atoms with Gasteiger partial charge in [-0.15, -0.1) is 0 Å². The summed E-state index contributed by atoms with van der Waals surface area (Å²) in [6, 6.07) is 7.86. The smallest absolute Gasteiger partial charge is 0.194 e. The van der Waals surface area contributed by atoms with Crippen LogP contribution >= 0.6 is 0 Å². The highest BCUT2D eigenvalue weighted by molar-refractivity contribution is 5.74. The molecule has 3 aromatic rings. The third-order valence-corrected chi connectivity index (χ3v) is 3.71. The van der Waals surface area contributed by atoms with Crippen LogP contribution in [0.3, 0.4) is 0 Å². The minimum absolute atomic E-state index is 0.0596. The molecule has 6 heteroatoms. The highest BCUT2D eigenvalue weighted by Gasteiger charge is 2.15. The third kappa shape index (κ3) is 3.24. The first-order valence-corrected chi connectivity index (χ1v) is 7.18. The normalized spacial score (nSPS) is 11.0. The van der Waals surface area contributed by atoms with Crippen molar-refractivity contribution < 1.29 is 26.3 Å². The Hall–Kier alpha value is -2.76. The van der Waals surface area contributed by atoms with Crippen molar-refractivity contribution in [3.05, 3.63) is 82.9 Å². The molecule has 0 spiro atoms. The van der Waals surface area contributed by atoms with E-state index in [4.69, 9.17) is 0 Å². The Labute approximate surface area is 139 Å². The van der Waals surface area contributed by atoms with Gasteiger partial charge >= 0.3 is 0 Å². The zero-order chi connectivity index (χ0) is 18.3. The lowest BCUT2D eigenvalue weighted by Crippen LogP contribution is -1.94. The zero-order valence-corrected chi connectivity index (χ0v) is 12.8. The van der Waals surface area contributed by atoms with Gasteiger partial charge in [0.1, 0.15) is 0 Å². The molecular formula is C19H10F6. The van der Waals surface area contributed by atoms with E-state index in [1.54, 1.807) is 19.1 Å². The maximum absolute atomic E-state index is 13.4. The molecule has 25 heavy (non-hydrogen) atoms. The van der Waals surface area contributed by atoms with Gasteiger partial charge in [-0.25, -0.2) is 26.3 Å². The summed E-state index contributed by atoms with van der Waals surface area (Å²) < 4.78 is 80.0. The first kappa shape index (κ1) is 17.1. The van der Waals surface area contributed by atoms with Crippen LogP contribution in [0, 0.1) is 41.8 Å². The lowest BCUT2D eigenvalue weighted by molar-refractivity contribution is 0.447. The van der Waals surface area contributed by atoms with Crippen molar-refractivity contribution >= 4 is 0 Å². The summed E-state index contributed by atoms with van der Waals surface area (Å²) >= 11 is 0. The van der Waals surface area contributed by atoms with E-state index < -0.39 is 34.9 Å². The van der Waals surface area contributed by atoms with Gasteiger partial charge in [0.05, 0.1) is 0 Å². The maximum Gasteiger partial charge on any atom is 0.194 e. The van der Waals surface area contributed by atoms with E-state index in [0.717, 1.165) is 24.3 Å². The summed E-state index contributed by atoms with van der Waals surface area (Å²) in [5.41, 5.74) is 1.38. The van der Waals surface area contributed by atoms with Crippen molar-refractivity contribution in [3.8, 4) is 22.3 Å². The number of rotatable bonds is 2. The minimum atomic E-state index is -1.58. The van der Waals surface area contributed by atoms with Crippen LogP contribution in [0.15, 0.2) is 42.5 Å². The van der Waals surface area contributed by atoms with Gasteiger partial charge in [-0.2, -0.15) is 0 Å². The second-order valence-corrected chi connectivity index (χ2v) is 5.60. The standard InChI is InChI=1S/C19H10F6/c1-9-2-10(12-5-14(20)18(24)15(21)6-12)4-11(3-9)13-7-16(22)19(25)17(23)8-13/h2-8H,1H3. The van der Waals surface area contributed by atoms with Gasteiger partial charge in [-0.3, -0.25) is 0 Å². The monoisotopic (exact) mass is 352 g/mol. The molecule has 0 amide bonds. The molecule has 0 saturated carbocycles. The number of aryl methyl sites for hydroxylation is 1. The minimum Gasteiger partial charge on any atom is -0.204 e. The third-order valence-electron chi connectivity index (χ3n) is 3.71. The summed E-state index contributed by atoms with van der Waals surface area (Å²) in [5.74, 6) is -8.57. The molecule has 0 atom stereocenters. The second kappa shape index (κ2) is 6.27. The molecule has 0 saturated heterocycles. The van der Waals surface area contributed by atoms with Gasteiger partial charge < -0.3 is 0 Å². The molecule has 0 nitrogen and oxygen atoms in total. The van der Waals surface area contributed by atoms with Crippen LogP contribution in [-0.2, 0) is 0 Å². The van der Waals surface area contributed by atoms with Crippen LogP contribution < -0.4 is 0 Å². The average molecular weight is 352 g/mol. The van der Waals surface area contributed by atoms with Gasteiger partial charge in [0.15, 0.2) is 34.9 Å². The number of hydrogen-bond donors (Lipinski definition) is 0. The predicted molar refractivity (Wildman–Crippen MR) is 81.8 cm³/mol. The highest BCUT2D eigenvalue weighted by atomic mass is 19.2. The van der Waals surface area contributed by atoms with Gasteiger partial charge in [0.25, 0.3) is 0 Å². The SMILES string of the molecule is Cc1cc(-c2cc(F)c(F)c(F)c2)cc(-c2cc(F)c(F)c(F)c2)c1. The summed E-state index contributed by atoms with van der Waals surface area (Å²) in [7, 11) is 0. The van der Waals surface area contributed by atoms with Crippen LogP contribution in [0.4, 0.5) is 26.3 Å². The van der Waals surface area contributed by atoms with E-state index in [2.05, 4.69) is 0 Å². The number of halogens is 6. The summed E-state index contributed by atoms with van der Waals surface area (Å²) in [5, 5.41) is 0. The first-order valence-electron chi connectivity index (χ1n) is 7.18. The molecule has 0 fully saturated rings. The van der Waals surface area contributed by atoms with Crippen LogP contribution in [0.25, 0.3) is 22.3 Å². The Morgan fingerprint density at radius 3 is 1.04 bits per heavy atom. The molecule has 0 heterocycles. The Kier molecular flexibility index (Phi) is 4.29. The van der Waals surface area contributed by atoms with Crippen molar-refractivity contribution in [1.82, 2.24) is 0 Å². The first-order chi connectivity index (χ1) is 11.8. The topological polar surface area (TPSA) is 0 Å². The summed E-state index contributed by atoms with van der Waals surface area (Å²) in [4.78, 5) is 0. The van der Waals surface area contributed by atoms with E-state index in [9.17, 15) is 26.3 Å². The summed E-state index contributed by atoms with van der Waals surface area (Å²) in [6.45, 7) is 1.67. The van der Waals surface area contributed by atoms with E-state index >= 15 is 0 Å². The molecule has 0 aliphatic heterocycles. The molecule has 0 bridgehead atoms. The lowest BCUT2D eigenvalue weighted by atomic mass is 9.96. The van der Waals surface area contributed by atoms with Crippen molar-refractivity contribution in [3.63, 3.8) is 0 Å². The van der Waals surface area contributed by atoms with E-state index in [0.29, 0.717) is 16.7 Å². The number of benzene rings is 3. The van der Waals surface area contributed by atoms with E-state index in [-0.39, 0.29) is 11.1 Å².